The van der Waals surface area contributed by atoms with Crippen molar-refractivity contribution in [3.63, 3.8) is 0 Å². The van der Waals surface area contributed by atoms with Gasteiger partial charge in [-0.3, -0.25) is 0 Å². The third-order valence-corrected chi connectivity index (χ3v) is 5.14. The Morgan fingerprint density at radius 1 is 1.00 bits per heavy atom. The van der Waals surface area contributed by atoms with Crippen LogP contribution in [-0.4, -0.2) is 11.5 Å². The Hall–Kier alpha value is 0.350. The van der Waals surface area contributed by atoms with Crippen LogP contribution in [0.4, 0.5) is 0 Å². The van der Waals surface area contributed by atoms with Crippen molar-refractivity contribution in [3.8, 4) is 0 Å². The summed E-state index contributed by atoms with van der Waals surface area (Å²) in [5, 5.41) is 0.794. The van der Waals surface area contributed by atoms with Gasteiger partial charge in [-0.15, -0.1) is 0 Å². The minimum Gasteiger partial charge on any atom is -0.161 e. The molecule has 0 saturated carbocycles. The molecule has 0 saturated heterocycles. The predicted octanol–water partition coefficient (Wildman–Crippen LogP) is 4.98. The van der Waals surface area contributed by atoms with Gasteiger partial charge in [-0.25, -0.2) is 0 Å². The number of hydrogen-bond donors (Lipinski definition) is 0. The molecule has 0 fully saturated rings. The molecule has 1 heteroatoms. The molecule has 0 aromatic carbocycles. The van der Waals surface area contributed by atoms with E-state index in [-0.39, 0.29) is 0 Å². The molecule has 0 amide bonds. The Bertz CT molecular complexity index is 159. The Labute approximate surface area is 95.2 Å². The van der Waals surface area contributed by atoms with Crippen LogP contribution in [0.3, 0.4) is 0 Å². The van der Waals surface area contributed by atoms with Crippen molar-refractivity contribution in [1.29, 1.82) is 0 Å². The van der Waals surface area contributed by atoms with E-state index in [0.717, 1.165) is 5.25 Å². The quantitative estimate of drug-likeness (QED) is 0.603. The lowest BCUT2D eigenvalue weighted by Gasteiger charge is -2.37. The van der Waals surface area contributed by atoms with Gasteiger partial charge in [0, 0.05) is 5.25 Å². The summed E-state index contributed by atoms with van der Waals surface area (Å²) in [6.45, 7) is 14.2. The van der Waals surface area contributed by atoms with Crippen LogP contribution in [0, 0.1) is 10.8 Å². The van der Waals surface area contributed by atoms with E-state index in [1.807, 2.05) is 11.8 Å². The molecule has 0 nitrogen and oxygen atoms in total. The van der Waals surface area contributed by atoms with Crippen LogP contribution in [0.1, 0.15) is 60.8 Å². The molecule has 0 radical (unpaired) electrons. The van der Waals surface area contributed by atoms with Crippen LogP contribution in [-0.2, 0) is 0 Å². The van der Waals surface area contributed by atoms with Gasteiger partial charge in [-0.2, -0.15) is 11.8 Å². The molecule has 1 atom stereocenters. The number of rotatable bonds is 6. The van der Waals surface area contributed by atoms with E-state index < -0.39 is 0 Å². The van der Waals surface area contributed by atoms with Gasteiger partial charge in [0.15, 0.2) is 0 Å². The molecular weight excluding hydrogens is 188 g/mol. The van der Waals surface area contributed by atoms with Crippen molar-refractivity contribution in [3.05, 3.63) is 0 Å². The fourth-order valence-electron chi connectivity index (χ4n) is 1.55. The summed E-state index contributed by atoms with van der Waals surface area (Å²) in [4.78, 5) is 0. The zero-order valence-corrected chi connectivity index (χ0v) is 11.9. The number of thioether (sulfide) groups is 1. The zero-order chi connectivity index (χ0) is 11.4. The average Bonchev–Trinajstić information content (AvgIpc) is 2.14. The molecule has 0 spiro atoms. The molecule has 0 aliphatic rings. The monoisotopic (exact) mass is 216 g/mol. The van der Waals surface area contributed by atoms with Gasteiger partial charge in [0.05, 0.1) is 0 Å². The average molecular weight is 216 g/mol. The molecule has 86 valence electrons. The second-order valence-corrected chi connectivity index (χ2v) is 6.83. The van der Waals surface area contributed by atoms with Crippen LogP contribution >= 0.6 is 11.8 Å². The second kappa shape index (κ2) is 5.44. The summed E-state index contributed by atoms with van der Waals surface area (Å²) in [6, 6.07) is 0. The summed E-state index contributed by atoms with van der Waals surface area (Å²) < 4.78 is 0. The van der Waals surface area contributed by atoms with E-state index in [1.165, 1.54) is 19.3 Å². The first-order valence-electron chi connectivity index (χ1n) is 5.82. The Kier molecular flexibility index (Phi) is 5.57. The third kappa shape index (κ3) is 4.25. The molecular formula is C13H28S. The topological polar surface area (TPSA) is 0 Å². The lowest BCUT2D eigenvalue weighted by atomic mass is 9.76. The van der Waals surface area contributed by atoms with Gasteiger partial charge in [0.25, 0.3) is 0 Å². The van der Waals surface area contributed by atoms with E-state index in [9.17, 15) is 0 Å². The Balaban J connectivity index is 4.44. The van der Waals surface area contributed by atoms with Crippen LogP contribution < -0.4 is 0 Å². The van der Waals surface area contributed by atoms with Crippen molar-refractivity contribution >= 4 is 11.8 Å². The molecule has 0 aliphatic heterocycles. The van der Waals surface area contributed by atoms with Crippen molar-refractivity contribution in [2.45, 2.75) is 66.1 Å². The zero-order valence-electron chi connectivity index (χ0n) is 11.1. The molecule has 0 aliphatic carbocycles. The van der Waals surface area contributed by atoms with E-state index in [1.54, 1.807) is 0 Å². The summed E-state index contributed by atoms with van der Waals surface area (Å²) in [5.41, 5.74) is 0.978. The smallest absolute Gasteiger partial charge is 0.0100 e. The first-order valence-corrected chi connectivity index (χ1v) is 7.10. The summed E-state index contributed by atoms with van der Waals surface area (Å²) in [5.74, 6) is 0. The van der Waals surface area contributed by atoms with Crippen LogP contribution in [0.2, 0.25) is 0 Å². The molecule has 0 rings (SSSR count). The van der Waals surface area contributed by atoms with Gasteiger partial charge in [0.2, 0.25) is 0 Å². The number of hydrogen-bond acceptors (Lipinski definition) is 1. The molecule has 0 bridgehead atoms. The van der Waals surface area contributed by atoms with Gasteiger partial charge >= 0.3 is 0 Å². The van der Waals surface area contributed by atoms with Gasteiger partial charge in [-0.1, -0.05) is 48.0 Å². The highest BCUT2D eigenvalue weighted by Gasteiger charge is 2.31. The first-order chi connectivity index (χ1) is 6.29. The van der Waals surface area contributed by atoms with E-state index >= 15 is 0 Å². The fourth-order valence-corrected chi connectivity index (χ4v) is 2.98. The molecule has 0 aromatic heterocycles. The van der Waals surface area contributed by atoms with Gasteiger partial charge < -0.3 is 0 Å². The van der Waals surface area contributed by atoms with Crippen molar-refractivity contribution in [2.24, 2.45) is 10.8 Å². The maximum absolute atomic E-state index is 2.40. The molecule has 0 N–H and O–H groups in total. The maximum atomic E-state index is 2.40. The molecule has 14 heavy (non-hydrogen) atoms. The Morgan fingerprint density at radius 2 is 1.50 bits per heavy atom. The minimum atomic E-state index is 0.478. The first kappa shape index (κ1) is 14.3. The summed E-state index contributed by atoms with van der Waals surface area (Å²) in [6.07, 6.45) is 6.15. The van der Waals surface area contributed by atoms with Crippen LogP contribution in [0.5, 0.6) is 0 Å². The maximum Gasteiger partial charge on any atom is 0.0100 e. The molecule has 1 unspecified atom stereocenters. The molecule has 0 aromatic rings. The second-order valence-electron chi connectivity index (χ2n) is 5.79. The fraction of sp³-hybridized carbons (Fsp3) is 1.00. The minimum absolute atomic E-state index is 0.478. The Morgan fingerprint density at radius 3 is 1.79 bits per heavy atom. The van der Waals surface area contributed by atoms with Crippen LogP contribution in [0.15, 0.2) is 0 Å². The highest BCUT2D eigenvalue weighted by Crippen LogP contribution is 2.41. The van der Waals surface area contributed by atoms with Gasteiger partial charge in [-0.05, 0) is 29.9 Å². The molecule has 0 heterocycles. The highest BCUT2D eigenvalue weighted by molar-refractivity contribution is 7.99. The standard InChI is InChI=1S/C13H28S/c1-8-12(3,4)10-11(14-7)13(5,6)9-2/h11H,8-10H2,1-7H3. The summed E-state index contributed by atoms with van der Waals surface area (Å²) >= 11 is 2.04. The highest BCUT2D eigenvalue weighted by atomic mass is 32.2. The van der Waals surface area contributed by atoms with E-state index in [0.29, 0.717) is 10.8 Å². The van der Waals surface area contributed by atoms with E-state index in [4.69, 9.17) is 0 Å². The van der Waals surface area contributed by atoms with Crippen molar-refractivity contribution in [2.75, 3.05) is 6.26 Å². The third-order valence-electron chi connectivity index (χ3n) is 3.76. The normalized spacial score (nSPS) is 15.6. The lowest BCUT2D eigenvalue weighted by molar-refractivity contribution is 0.238. The largest absolute Gasteiger partial charge is 0.161 e. The SMILES string of the molecule is CCC(C)(C)CC(SC)C(C)(C)CC. The predicted molar refractivity (Wildman–Crippen MR) is 70.1 cm³/mol. The van der Waals surface area contributed by atoms with Crippen LogP contribution in [0.25, 0.3) is 0 Å². The van der Waals surface area contributed by atoms with Crippen molar-refractivity contribution < 1.29 is 0 Å². The van der Waals surface area contributed by atoms with Gasteiger partial charge in [0.1, 0.15) is 0 Å². The van der Waals surface area contributed by atoms with Crippen molar-refractivity contribution in [1.82, 2.24) is 0 Å². The lowest BCUT2D eigenvalue weighted by Crippen LogP contribution is -2.30. The summed E-state index contributed by atoms with van der Waals surface area (Å²) in [7, 11) is 0. The van der Waals surface area contributed by atoms with E-state index in [2.05, 4.69) is 47.8 Å².